The van der Waals surface area contributed by atoms with E-state index in [0.717, 1.165) is 11.4 Å². The Hall–Kier alpha value is -1.29. The highest BCUT2D eigenvalue weighted by molar-refractivity contribution is 7.80. The van der Waals surface area contributed by atoms with Crippen LogP contribution in [0.3, 0.4) is 0 Å². The maximum Gasteiger partial charge on any atom is 0.170 e. The Kier molecular flexibility index (Phi) is 4.30. The first-order chi connectivity index (χ1) is 8.98. The molecule has 2 rings (SSSR count). The van der Waals surface area contributed by atoms with Gasteiger partial charge in [0.15, 0.2) is 5.11 Å². The van der Waals surface area contributed by atoms with Gasteiger partial charge in [0, 0.05) is 17.8 Å². The molecule has 0 amide bonds. The summed E-state index contributed by atoms with van der Waals surface area (Å²) in [7, 11) is 1.66. The Morgan fingerprint density at radius 2 is 2.21 bits per heavy atom. The zero-order valence-electron chi connectivity index (χ0n) is 11.8. The molecule has 0 bridgehead atoms. The number of methoxy groups -OCH3 is 1. The molecule has 1 saturated carbocycles. The van der Waals surface area contributed by atoms with Gasteiger partial charge in [-0.3, -0.25) is 0 Å². The van der Waals surface area contributed by atoms with Crippen molar-refractivity contribution in [2.45, 2.75) is 39.2 Å². The van der Waals surface area contributed by atoms with E-state index in [2.05, 4.69) is 24.5 Å². The molecule has 0 spiro atoms. The van der Waals surface area contributed by atoms with Crippen LogP contribution in [0.5, 0.6) is 5.75 Å². The average Bonchev–Trinajstić information content (AvgIpc) is 2.68. The van der Waals surface area contributed by atoms with Gasteiger partial charge in [-0.05, 0) is 49.0 Å². The summed E-state index contributed by atoms with van der Waals surface area (Å²) in [6.07, 6.45) is 3.62. The van der Waals surface area contributed by atoms with Gasteiger partial charge in [0.1, 0.15) is 5.75 Å². The molecule has 4 heteroatoms. The number of thiocarbonyl (C=S) groups is 1. The third kappa shape index (κ3) is 4.10. The van der Waals surface area contributed by atoms with Crippen LogP contribution in [0.4, 0.5) is 5.69 Å². The van der Waals surface area contributed by atoms with E-state index in [1.165, 1.54) is 19.3 Å². The number of rotatable bonds is 3. The first-order valence-corrected chi connectivity index (χ1v) is 7.11. The van der Waals surface area contributed by atoms with Crippen molar-refractivity contribution in [1.29, 1.82) is 0 Å². The minimum atomic E-state index is 0.434. The van der Waals surface area contributed by atoms with Crippen molar-refractivity contribution < 1.29 is 4.74 Å². The maximum atomic E-state index is 5.36. The fourth-order valence-electron chi connectivity index (χ4n) is 2.61. The largest absolute Gasteiger partial charge is 0.497 e. The lowest BCUT2D eigenvalue weighted by Gasteiger charge is -2.19. The van der Waals surface area contributed by atoms with E-state index in [1.54, 1.807) is 7.11 Å². The number of hydrogen-bond acceptors (Lipinski definition) is 2. The summed E-state index contributed by atoms with van der Waals surface area (Å²) >= 11 is 5.36. The van der Waals surface area contributed by atoms with Crippen LogP contribution in [-0.2, 0) is 0 Å². The van der Waals surface area contributed by atoms with E-state index in [4.69, 9.17) is 17.0 Å². The Labute approximate surface area is 120 Å². The van der Waals surface area contributed by atoms with Crippen molar-refractivity contribution in [3.8, 4) is 5.75 Å². The molecule has 0 aliphatic heterocycles. The highest BCUT2D eigenvalue weighted by Gasteiger charge is 2.31. The van der Waals surface area contributed by atoms with Gasteiger partial charge in [-0.2, -0.15) is 0 Å². The summed E-state index contributed by atoms with van der Waals surface area (Å²) in [4.78, 5) is 0. The molecule has 0 heterocycles. The smallest absolute Gasteiger partial charge is 0.170 e. The lowest BCUT2D eigenvalue weighted by Crippen LogP contribution is -2.36. The topological polar surface area (TPSA) is 33.3 Å². The Morgan fingerprint density at radius 1 is 1.42 bits per heavy atom. The van der Waals surface area contributed by atoms with E-state index in [1.807, 2.05) is 24.3 Å². The third-order valence-corrected chi connectivity index (χ3v) is 3.85. The second-order valence-electron chi connectivity index (χ2n) is 5.93. The Balaban J connectivity index is 1.87. The fraction of sp³-hybridized carbons (Fsp3) is 0.533. The quantitative estimate of drug-likeness (QED) is 0.828. The molecule has 2 N–H and O–H groups in total. The summed E-state index contributed by atoms with van der Waals surface area (Å²) < 4.78 is 5.19. The van der Waals surface area contributed by atoms with Crippen LogP contribution in [0, 0.1) is 5.41 Å². The molecular weight excluding hydrogens is 256 g/mol. The molecule has 1 fully saturated rings. The lowest BCUT2D eigenvalue weighted by atomic mass is 9.92. The zero-order valence-corrected chi connectivity index (χ0v) is 12.6. The fourth-order valence-corrected chi connectivity index (χ4v) is 2.90. The van der Waals surface area contributed by atoms with E-state index in [0.29, 0.717) is 16.6 Å². The van der Waals surface area contributed by atoms with Gasteiger partial charge in [-0.25, -0.2) is 0 Å². The van der Waals surface area contributed by atoms with E-state index in [-0.39, 0.29) is 0 Å². The van der Waals surface area contributed by atoms with Crippen molar-refractivity contribution in [3.05, 3.63) is 24.3 Å². The van der Waals surface area contributed by atoms with Gasteiger partial charge in [-0.1, -0.05) is 19.9 Å². The first kappa shape index (κ1) is 14.1. The van der Waals surface area contributed by atoms with Gasteiger partial charge in [-0.15, -0.1) is 0 Å². The van der Waals surface area contributed by atoms with Crippen LogP contribution >= 0.6 is 12.2 Å². The van der Waals surface area contributed by atoms with Gasteiger partial charge in [0.05, 0.1) is 7.11 Å². The molecule has 1 aliphatic carbocycles. The summed E-state index contributed by atoms with van der Waals surface area (Å²) in [6, 6.07) is 8.27. The highest BCUT2D eigenvalue weighted by Crippen LogP contribution is 2.36. The standard InChI is InChI=1S/C15H22N2OS/c1-15(2)8-7-12(10-15)17-14(19)16-11-5-4-6-13(9-11)18-3/h4-6,9,12H,7-8,10H2,1-3H3,(H2,16,17,19). The molecule has 1 atom stereocenters. The van der Waals surface area contributed by atoms with Crippen molar-refractivity contribution >= 4 is 23.0 Å². The molecule has 0 radical (unpaired) electrons. The molecule has 0 aromatic heterocycles. The second-order valence-corrected chi connectivity index (χ2v) is 6.34. The van der Waals surface area contributed by atoms with E-state index >= 15 is 0 Å². The molecule has 1 aromatic carbocycles. The molecule has 1 aliphatic rings. The zero-order chi connectivity index (χ0) is 13.9. The molecule has 19 heavy (non-hydrogen) atoms. The summed E-state index contributed by atoms with van der Waals surface area (Å²) in [5.41, 5.74) is 1.39. The first-order valence-electron chi connectivity index (χ1n) is 6.70. The van der Waals surface area contributed by atoms with E-state index in [9.17, 15) is 0 Å². The van der Waals surface area contributed by atoms with Crippen molar-refractivity contribution in [3.63, 3.8) is 0 Å². The van der Waals surface area contributed by atoms with Gasteiger partial charge in [0.2, 0.25) is 0 Å². The predicted octanol–water partition coefficient (Wildman–Crippen LogP) is 3.56. The third-order valence-electron chi connectivity index (χ3n) is 3.63. The van der Waals surface area contributed by atoms with Gasteiger partial charge >= 0.3 is 0 Å². The van der Waals surface area contributed by atoms with Gasteiger partial charge < -0.3 is 15.4 Å². The predicted molar refractivity (Wildman–Crippen MR) is 83.8 cm³/mol. The summed E-state index contributed by atoms with van der Waals surface area (Å²) in [5, 5.41) is 7.30. The summed E-state index contributed by atoms with van der Waals surface area (Å²) in [6.45, 7) is 4.63. The molecule has 104 valence electrons. The van der Waals surface area contributed by atoms with Crippen LogP contribution < -0.4 is 15.4 Å². The molecule has 0 saturated heterocycles. The minimum Gasteiger partial charge on any atom is -0.497 e. The minimum absolute atomic E-state index is 0.434. The van der Waals surface area contributed by atoms with Crippen molar-refractivity contribution in [2.75, 3.05) is 12.4 Å². The highest BCUT2D eigenvalue weighted by atomic mass is 32.1. The average molecular weight is 278 g/mol. The molecular formula is C15H22N2OS. The van der Waals surface area contributed by atoms with Crippen LogP contribution in [-0.4, -0.2) is 18.3 Å². The molecule has 1 unspecified atom stereocenters. The van der Waals surface area contributed by atoms with E-state index < -0.39 is 0 Å². The number of nitrogens with one attached hydrogen (secondary N) is 2. The second kappa shape index (κ2) is 5.78. The van der Waals surface area contributed by atoms with Crippen molar-refractivity contribution in [2.24, 2.45) is 5.41 Å². The normalized spacial score (nSPS) is 20.9. The monoisotopic (exact) mass is 278 g/mol. The van der Waals surface area contributed by atoms with Crippen LogP contribution in [0.1, 0.15) is 33.1 Å². The summed E-state index contributed by atoms with van der Waals surface area (Å²) in [5.74, 6) is 0.829. The Morgan fingerprint density at radius 3 is 2.84 bits per heavy atom. The number of anilines is 1. The maximum absolute atomic E-state index is 5.36. The van der Waals surface area contributed by atoms with Crippen LogP contribution in [0.15, 0.2) is 24.3 Å². The number of benzene rings is 1. The van der Waals surface area contributed by atoms with Gasteiger partial charge in [0.25, 0.3) is 0 Å². The number of ether oxygens (including phenoxy) is 1. The van der Waals surface area contributed by atoms with Crippen LogP contribution in [0.25, 0.3) is 0 Å². The number of hydrogen-bond donors (Lipinski definition) is 2. The lowest BCUT2D eigenvalue weighted by molar-refractivity contribution is 0.372. The molecule has 1 aromatic rings. The van der Waals surface area contributed by atoms with Crippen molar-refractivity contribution in [1.82, 2.24) is 5.32 Å². The SMILES string of the molecule is COc1cccc(NC(=S)NC2CCC(C)(C)C2)c1. The van der Waals surface area contributed by atoms with Crippen LogP contribution in [0.2, 0.25) is 0 Å². The molecule has 3 nitrogen and oxygen atoms in total. The Bertz CT molecular complexity index is 459.